The second-order valence-electron chi connectivity index (χ2n) is 5.64. The molecule has 0 aliphatic rings. The molecule has 6 heteroatoms. The van der Waals surface area contributed by atoms with Gasteiger partial charge in [-0.05, 0) is 19.1 Å². The van der Waals surface area contributed by atoms with E-state index in [2.05, 4.69) is 33.1 Å². The molecule has 1 aromatic carbocycles. The van der Waals surface area contributed by atoms with Gasteiger partial charge in [-0.25, -0.2) is 9.97 Å². The molecule has 0 aliphatic carbocycles. The number of rotatable bonds is 4. The summed E-state index contributed by atoms with van der Waals surface area (Å²) >= 11 is 0. The van der Waals surface area contributed by atoms with Gasteiger partial charge in [0.2, 0.25) is 0 Å². The fraction of sp³-hybridized carbons (Fsp3) is 0.235. The molecular formula is C17H18N6. The Morgan fingerprint density at radius 2 is 2.00 bits per heavy atom. The second-order valence-corrected chi connectivity index (χ2v) is 5.64. The van der Waals surface area contributed by atoms with E-state index in [0.29, 0.717) is 0 Å². The maximum atomic E-state index is 4.70. The summed E-state index contributed by atoms with van der Waals surface area (Å²) in [5.74, 6) is 2.03. The molecule has 0 saturated heterocycles. The fourth-order valence-corrected chi connectivity index (χ4v) is 2.89. The molecule has 0 atom stereocenters. The van der Waals surface area contributed by atoms with Crippen molar-refractivity contribution in [3.05, 3.63) is 54.1 Å². The van der Waals surface area contributed by atoms with Crippen molar-refractivity contribution in [2.24, 2.45) is 7.05 Å². The molecule has 1 N–H and O–H groups in total. The van der Waals surface area contributed by atoms with Gasteiger partial charge in [0.25, 0.3) is 0 Å². The van der Waals surface area contributed by atoms with Crippen LogP contribution in [0, 0.1) is 6.92 Å². The molecule has 0 aliphatic heterocycles. The predicted octanol–water partition coefficient (Wildman–Crippen LogP) is 2.58. The zero-order valence-corrected chi connectivity index (χ0v) is 13.2. The molecular weight excluding hydrogens is 288 g/mol. The molecule has 0 unspecified atom stereocenters. The second kappa shape index (κ2) is 5.39. The number of hydrogen-bond donors (Lipinski definition) is 1. The number of aryl methyl sites for hydroxylation is 2. The van der Waals surface area contributed by atoms with Crippen molar-refractivity contribution in [1.82, 2.24) is 24.1 Å². The summed E-state index contributed by atoms with van der Waals surface area (Å²) in [5.41, 5.74) is 4.04. The average Bonchev–Trinajstić information content (AvgIpc) is 3.13. The van der Waals surface area contributed by atoms with E-state index < -0.39 is 0 Å². The summed E-state index contributed by atoms with van der Waals surface area (Å²) in [6.45, 7) is 2.78. The average molecular weight is 306 g/mol. The number of para-hydroxylation sites is 2. The van der Waals surface area contributed by atoms with Gasteiger partial charge in [0.15, 0.2) is 5.65 Å². The minimum Gasteiger partial charge on any atom is -0.369 e. The van der Waals surface area contributed by atoms with Gasteiger partial charge in [0, 0.05) is 37.8 Å². The van der Waals surface area contributed by atoms with Crippen LogP contribution in [0.15, 0.2) is 42.6 Å². The smallest absolute Gasteiger partial charge is 0.157 e. The van der Waals surface area contributed by atoms with Crippen molar-refractivity contribution in [3.8, 4) is 0 Å². The van der Waals surface area contributed by atoms with Crippen LogP contribution in [-0.2, 0) is 13.5 Å². The molecule has 0 bridgehead atoms. The Bertz CT molecular complexity index is 981. The highest BCUT2D eigenvalue weighted by Crippen LogP contribution is 2.15. The van der Waals surface area contributed by atoms with Gasteiger partial charge in [-0.2, -0.15) is 9.61 Å². The Labute approximate surface area is 133 Å². The van der Waals surface area contributed by atoms with E-state index in [9.17, 15) is 0 Å². The van der Waals surface area contributed by atoms with Crippen LogP contribution in [0.25, 0.3) is 16.7 Å². The van der Waals surface area contributed by atoms with Crippen LogP contribution in [0.5, 0.6) is 0 Å². The number of nitrogens with zero attached hydrogens (tertiary/aromatic N) is 5. The standard InChI is InChI=1S/C17H18N6/c1-12-11-17(23-16(20-12)8-10-19-23)18-9-7-15-21-13-5-3-4-6-14(13)22(15)2/h3-6,8,10-11,18H,7,9H2,1-2H3. The molecule has 3 aromatic heterocycles. The van der Waals surface area contributed by atoms with Gasteiger partial charge in [0.05, 0.1) is 17.2 Å². The lowest BCUT2D eigenvalue weighted by atomic mass is 10.3. The molecule has 6 nitrogen and oxygen atoms in total. The lowest BCUT2D eigenvalue weighted by Gasteiger charge is -2.09. The molecule has 23 heavy (non-hydrogen) atoms. The zero-order valence-electron chi connectivity index (χ0n) is 13.2. The van der Waals surface area contributed by atoms with Crippen molar-refractivity contribution < 1.29 is 0 Å². The van der Waals surface area contributed by atoms with Crippen LogP contribution in [0.4, 0.5) is 5.82 Å². The highest BCUT2D eigenvalue weighted by molar-refractivity contribution is 5.75. The van der Waals surface area contributed by atoms with Gasteiger partial charge < -0.3 is 9.88 Å². The maximum Gasteiger partial charge on any atom is 0.157 e. The van der Waals surface area contributed by atoms with E-state index in [0.717, 1.165) is 47.0 Å². The van der Waals surface area contributed by atoms with Crippen molar-refractivity contribution in [2.75, 3.05) is 11.9 Å². The summed E-state index contributed by atoms with van der Waals surface area (Å²) in [6.07, 6.45) is 2.60. The van der Waals surface area contributed by atoms with E-state index in [1.54, 1.807) is 6.20 Å². The largest absolute Gasteiger partial charge is 0.369 e. The number of imidazole rings is 1. The topological polar surface area (TPSA) is 60.0 Å². The molecule has 0 amide bonds. The lowest BCUT2D eigenvalue weighted by Crippen LogP contribution is -2.12. The molecule has 0 fully saturated rings. The third-order valence-corrected chi connectivity index (χ3v) is 4.02. The van der Waals surface area contributed by atoms with Crippen molar-refractivity contribution in [3.63, 3.8) is 0 Å². The Morgan fingerprint density at radius 3 is 2.87 bits per heavy atom. The number of anilines is 1. The van der Waals surface area contributed by atoms with Crippen LogP contribution in [-0.4, -0.2) is 30.7 Å². The maximum absolute atomic E-state index is 4.70. The summed E-state index contributed by atoms with van der Waals surface area (Å²) in [4.78, 5) is 9.15. The quantitative estimate of drug-likeness (QED) is 0.629. The number of nitrogens with one attached hydrogen (secondary N) is 1. The zero-order chi connectivity index (χ0) is 15.8. The minimum absolute atomic E-state index is 0.787. The summed E-state index contributed by atoms with van der Waals surface area (Å²) in [6, 6.07) is 12.1. The summed E-state index contributed by atoms with van der Waals surface area (Å²) in [5, 5.41) is 7.75. The molecule has 3 heterocycles. The number of benzene rings is 1. The van der Waals surface area contributed by atoms with Crippen molar-refractivity contribution in [2.45, 2.75) is 13.3 Å². The Kier molecular flexibility index (Phi) is 3.22. The first-order valence-electron chi connectivity index (χ1n) is 7.68. The van der Waals surface area contributed by atoms with Gasteiger partial charge in [-0.3, -0.25) is 0 Å². The van der Waals surface area contributed by atoms with Crippen molar-refractivity contribution >= 4 is 22.5 Å². The normalized spacial score (nSPS) is 11.4. The minimum atomic E-state index is 0.787. The number of aromatic nitrogens is 5. The Balaban J connectivity index is 1.54. The highest BCUT2D eigenvalue weighted by atomic mass is 15.3. The molecule has 4 aromatic rings. The summed E-state index contributed by atoms with van der Waals surface area (Å²) in [7, 11) is 2.06. The highest BCUT2D eigenvalue weighted by Gasteiger charge is 2.08. The molecule has 0 saturated carbocycles. The molecule has 0 radical (unpaired) electrons. The van der Waals surface area contributed by atoms with Crippen molar-refractivity contribution in [1.29, 1.82) is 0 Å². The molecule has 0 spiro atoms. The van der Waals surface area contributed by atoms with Crippen LogP contribution in [0.2, 0.25) is 0 Å². The first kappa shape index (κ1) is 13.8. The fourth-order valence-electron chi connectivity index (χ4n) is 2.89. The Morgan fingerprint density at radius 1 is 1.13 bits per heavy atom. The first-order valence-corrected chi connectivity index (χ1v) is 7.68. The van der Waals surface area contributed by atoms with Gasteiger partial charge in [-0.15, -0.1) is 0 Å². The van der Waals surface area contributed by atoms with E-state index in [-0.39, 0.29) is 0 Å². The SMILES string of the molecule is Cc1cc(NCCc2nc3ccccc3n2C)n2nccc2n1. The van der Waals surface area contributed by atoms with Crippen LogP contribution in [0.3, 0.4) is 0 Å². The van der Waals surface area contributed by atoms with E-state index in [1.165, 1.54) is 0 Å². The van der Waals surface area contributed by atoms with E-state index in [4.69, 9.17) is 4.98 Å². The van der Waals surface area contributed by atoms with E-state index in [1.807, 2.05) is 41.8 Å². The van der Waals surface area contributed by atoms with E-state index >= 15 is 0 Å². The van der Waals surface area contributed by atoms with Gasteiger partial charge >= 0.3 is 0 Å². The van der Waals surface area contributed by atoms with Crippen LogP contribution in [0.1, 0.15) is 11.5 Å². The predicted molar refractivity (Wildman–Crippen MR) is 90.6 cm³/mol. The first-order chi connectivity index (χ1) is 11.2. The van der Waals surface area contributed by atoms with Gasteiger partial charge in [-0.1, -0.05) is 12.1 Å². The summed E-state index contributed by atoms with van der Waals surface area (Å²) < 4.78 is 3.97. The van der Waals surface area contributed by atoms with Crippen LogP contribution >= 0.6 is 0 Å². The number of fused-ring (bicyclic) bond motifs is 2. The number of hydrogen-bond acceptors (Lipinski definition) is 4. The Hall–Kier alpha value is -2.89. The van der Waals surface area contributed by atoms with Gasteiger partial charge in [0.1, 0.15) is 11.6 Å². The molecule has 116 valence electrons. The third-order valence-electron chi connectivity index (χ3n) is 4.02. The monoisotopic (exact) mass is 306 g/mol. The third kappa shape index (κ3) is 2.42. The molecule has 4 rings (SSSR count). The van der Waals surface area contributed by atoms with Crippen LogP contribution < -0.4 is 5.32 Å². The lowest BCUT2D eigenvalue weighted by molar-refractivity contribution is 0.801.